The van der Waals surface area contributed by atoms with Crippen molar-refractivity contribution in [2.45, 2.75) is 38.0 Å². The van der Waals surface area contributed by atoms with Crippen molar-refractivity contribution < 1.29 is 0 Å². The maximum absolute atomic E-state index is 9.09. The molecular weight excluding hydrogens is 270 g/mol. The minimum atomic E-state index is 0.710. The summed E-state index contributed by atoms with van der Waals surface area (Å²) in [6, 6.07) is 8.22. The standard InChI is InChI=1S/C19H23N3/c20-12-14-5-6-19-17(10-14)18(13-21-19)16-11-15(16)4-3-9-22-7-1-2-8-22/h5-6,10,13,15-16,21H,1-4,7-9,11H2. The Morgan fingerprint density at radius 3 is 2.95 bits per heavy atom. The van der Waals surface area contributed by atoms with Crippen molar-refractivity contribution in [2.75, 3.05) is 19.6 Å². The summed E-state index contributed by atoms with van der Waals surface area (Å²) in [5, 5.41) is 10.3. The molecule has 0 radical (unpaired) electrons. The molecule has 2 heterocycles. The summed E-state index contributed by atoms with van der Waals surface area (Å²) in [4.78, 5) is 5.98. The minimum absolute atomic E-state index is 0.710. The summed E-state index contributed by atoms with van der Waals surface area (Å²) in [5.41, 5.74) is 3.36. The first kappa shape index (κ1) is 13.8. The molecular formula is C19H23N3. The van der Waals surface area contributed by atoms with Crippen LogP contribution in [-0.4, -0.2) is 29.5 Å². The summed E-state index contributed by atoms with van der Waals surface area (Å²) in [7, 11) is 0. The van der Waals surface area contributed by atoms with E-state index in [-0.39, 0.29) is 0 Å². The predicted molar refractivity (Wildman–Crippen MR) is 88.8 cm³/mol. The van der Waals surface area contributed by atoms with E-state index in [1.54, 1.807) is 0 Å². The number of aromatic nitrogens is 1. The van der Waals surface area contributed by atoms with Crippen molar-refractivity contribution in [3.8, 4) is 6.07 Å². The average Bonchev–Trinajstić information content (AvgIpc) is 2.97. The zero-order valence-electron chi connectivity index (χ0n) is 13.0. The molecule has 1 saturated carbocycles. The van der Waals surface area contributed by atoms with Crippen molar-refractivity contribution in [3.05, 3.63) is 35.5 Å². The van der Waals surface area contributed by atoms with Gasteiger partial charge in [-0.3, -0.25) is 0 Å². The first-order chi connectivity index (χ1) is 10.8. The molecule has 1 N–H and O–H groups in total. The Kier molecular flexibility index (Phi) is 3.63. The van der Waals surface area contributed by atoms with Crippen LogP contribution in [0.5, 0.6) is 0 Å². The number of fused-ring (bicyclic) bond motifs is 1. The summed E-state index contributed by atoms with van der Waals surface area (Å²) >= 11 is 0. The maximum atomic E-state index is 9.09. The fraction of sp³-hybridized carbons (Fsp3) is 0.526. The first-order valence-electron chi connectivity index (χ1n) is 8.58. The zero-order valence-corrected chi connectivity index (χ0v) is 13.0. The average molecular weight is 293 g/mol. The highest BCUT2D eigenvalue weighted by Gasteiger charge is 2.39. The van der Waals surface area contributed by atoms with E-state index in [1.165, 1.54) is 62.7 Å². The third-order valence-corrected chi connectivity index (χ3v) is 5.41. The van der Waals surface area contributed by atoms with Gasteiger partial charge in [0, 0.05) is 17.1 Å². The molecule has 1 saturated heterocycles. The Labute approximate surface area is 131 Å². The van der Waals surface area contributed by atoms with Gasteiger partial charge in [-0.2, -0.15) is 5.26 Å². The summed E-state index contributed by atoms with van der Waals surface area (Å²) in [5.74, 6) is 1.56. The molecule has 0 amide bonds. The number of H-pyrrole nitrogens is 1. The Morgan fingerprint density at radius 2 is 2.14 bits per heavy atom. The lowest BCUT2D eigenvalue weighted by Gasteiger charge is -2.13. The van der Waals surface area contributed by atoms with E-state index in [1.807, 2.05) is 18.2 Å². The molecule has 2 unspecified atom stereocenters. The van der Waals surface area contributed by atoms with Crippen molar-refractivity contribution in [2.24, 2.45) is 5.92 Å². The Bertz CT molecular complexity index is 703. The quantitative estimate of drug-likeness (QED) is 0.904. The van der Waals surface area contributed by atoms with Gasteiger partial charge >= 0.3 is 0 Å². The van der Waals surface area contributed by atoms with E-state index >= 15 is 0 Å². The van der Waals surface area contributed by atoms with Gasteiger partial charge in [-0.15, -0.1) is 0 Å². The van der Waals surface area contributed by atoms with E-state index in [0.717, 1.165) is 17.0 Å². The van der Waals surface area contributed by atoms with Crippen LogP contribution in [0.15, 0.2) is 24.4 Å². The molecule has 2 aromatic rings. The second-order valence-corrected chi connectivity index (χ2v) is 6.91. The van der Waals surface area contributed by atoms with Crippen LogP contribution in [0.1, 0.15) is 49.1 Å². The second kappa shape index (κ2) is 5.78. The molecule has 1 aliphatic carbocycles. The SMILES string of the molecule is N#Cc1ccc2[nH]cc(C3CC3CCCN3CCCC3)c2c1. The highest BCUT2D eigenvalue weighted by Crippen LogP contribution is 2.52. The fourth-order valence-electron chi connectivity index (χ4n) is 4.05. The number of rotatable bonds is 5. The summed E-state index contributed by atoms with van der Waals surface area (Å²) < 4.78 is 0. The molecule has 0 spiro atoms. The van der Waals surface area contributed by atoms with Crippen LogP contribution in [0.4, 0.5) is 0 Å². The van der Waals surface area contributed by atoms with Crippen LogP contribution in [0.25, 0.3) is 10.9 Å². The molecule has 0 bridgehead atoms. The van der Waals surface area contributed by atoms with Crippen molar-refractivity contribution in [3.63, 3.8) is 0 Å². The highest BCUT2D eigenvalue weighted by atomic mass is 15.1. The molecule has 1 aliphatic heterocycles. The molecule has 2 aliphatic rings. The molecule has 1 aromatic carbocycles. The predicted octanol–water partition coefficient (Wildman–Crippen LogP) is 4.02. The largest absolute Gasteiger partial charge is 0.361 e. The third-order valence-electron chi connectivity index (χ3n) is 5.41. The number of nitriles is 1. The minimum Gasteiger partial charge on any atom is -0.361 e. The molecule has 3 nitrogen and oxygen atoms in total. The summed E-state index contributed by atoms with van der Waals surface area (Å²) in [6.45, 7) is 3.91. The maximum Gasteiger partial charge on any atom is 0.0991 e. The van der Waals surface area contributed by atoms with Gasteiger partial charge in [0.2, 0.25) is 0 Å². The van der Waals surface area contributed by atoms with Crippen LogP contribution >= 0.6 is 0 Å². The van der Waals surface area contributed by atoms with E-state index in [0.29, 0.717) is 5.92 Å². The molecule has 2 fully saturated rings. The zero-order chi connectivity index (χ0) is 14.9. The normalized spacial score (nSPS) is 24.7. The number of benzene rings is 1. The van der Waals surface area contributed by atoms with Crippen LogP contribution in [0.2, 0.25) is 0 Å². The topological polar surface area (TPSA) is 42.8 Å². The van der Waals surface area contributed by atoms with E-state index in [2.05, 4.69) is 22.1 Å². The van der Waals surface area contributed by atoms with Gasteiger partial charge in [-0.05, 0) is 87.3 Å². The van der Waals surface area contributed by atoms with Gasteiger partial charge in [0.05, 0.1) is 11.6 Å². The van der Waals surface area contributed by atoms with E-state index in [4.69, 9.17) is 5.26 Å². The van der Waals surface area contributed by atoms with Gasteiger partial charge in [0.15, 0.2) is 0 Å². The molecule has 1 aromatic heterocycles. The Morgan fingerprint density at radius 1 is 1.27 bits per heavy atom. The number of likely N-dealkylation sites (tertiary alicyclic amines) is 1. The molecule has 114 valence electrons. The van der Waals surface area contributed by atoms with Crippen LogP contribution in [0, 0.1) is 17.2 Å². The molecule has 22 heavy (non-hydrogen) atoms. The highest BCUT2D eigenvalue weighted by molar-refractivity contribution is 5.85. The Balaban J connectivity index is 1.38. The van der Waals surface area contributed by atoms with Gasteiger partial charge in [-0.25, -0.2) is 0 Å². The van der Waals surface area contributed by atoms with Gasteiger partial charge in [0.1, 0.15) is 0 Å². The van der Waals surface area contributed by atoms with E-state index in [9.17, 15) is 0 Å². The van der Waals surface area contributed by atoms with Gasteiger partial charge < -0.3 is 9.88 Å². The lowest BCUT2D eigenvalue weighted by Crippen LogP contribution is -2.20. The Hall–Kier alpha value is -1.79. The first-order valence-corrected chi connectivity index (χ1v) is 8.58. The van der Waals surface area contributed by atoms with Crippen LogP contribution < -0.4 is 0 Å². The second-order valence-electron chi connectivity index (χ2n) is 6.91. The molecule has 3 heteroatoms. The van der Waals surface area contributed by atoms with Gasteiger partial charge in [-0.1, -0.05) is 0 Å². The smallest absolute Gasteiger partial charge is 0.0991 e. The number of hydrogen-bond acceptors (Lipinski definition) is 2. The van der Waals surface area contributed by atoms with Crippen LogP contribution in [-0.2, 0) is 0 Å². The monoisotopic (exact) mass is 293 g/mol. The van der Waals surface area contributed by atoms with E-state index < -0.39 is 0 Å². The van der Waals surface area contributed by atoms with Crippen molar-refractivity contribution in [1.29, 1.82) is 5.26 Å². The number of nitrogens with zero attached hydrogens (tertiary/aromatic N) is 2. The van der Waals surface area contributed by atoms with Crippen molar-refractivity contribution >= 4 is 10.9 Å². The summed E-state index contributed by atoms with van der Waals surface area (Å²) in [6.07, 6.45) is 8.96. The third kappa shape index (κ3) is 2.64. The fourth-order valence-corrected chi connectivity index (χ4v) is 4.05. The molecule has 2 atom stereocenters. The van der Waals surface area contributed by atoms with Gasteiger partial charge in [0.25, 0.3) is 0 Å². The lowest BCUT2D eigenvalue weighted by atomic mass is 10.0. The number of aromatic amines is 1. The van der Waals surface area contributed by atoms with Crippen LogP contribution in [0.3, 0.4) is 0 Å². The number of hydrogen-bond donors (Lipinski definition) is 1. The number of nitrogens with one attached hydrogen (secondary N) is 1. The molecule has 4 rings (SSSR count). The lowest BCUT2D eigenvalue weighted by molar-refractivity contribution is 0.326. The van der Waals surface area contributed by atoms with Crippen molar-refractivity contribution in [1.82, 2.24) is 9.88 Å².